The summed E-state index contributed by atoms with van der Waals surface area (Å²) >= 11 is 0. The summed E-state index contributed by atoms with van der Waals surface area (Å²) in [6, 6.07) is 5.26. The molecule has 0 saturated carbocycles. The van der Waals surface area contributed by atoms with Gasteiger partial charge in [0.1, 0.15) is 5.75 Å². The van der Waals surface area contributed by atoms with E-state index in [0.717, 1.165) is 6.42 Å². The molecule has 3 rings (SSSR count). The molecule has 1 aromatic rings. The monoisotopic (exact) mass is 245 g/mol. The smallest absolute Gasteiger partial charge is 0.125 e. The van der Waals surface area contributed by atoms with E-state index < -0.39 is 0 Å². The van der Waals surface area contributed by atoms with Crippen molar-refractivity contribution in [3.63, 3.8) is 0 Å². The van der Waals surface area contributed by atoms with Crippen LogP contribution in [0.2, 0.25) is 0 Å². The molecule has 1 heterocycles. The van der Waals surface area contributed by atoms with E-state index >= 15 is 0 Å². The number of hydrogen-bond acceptors (Lipinski definition) is 2. The van der Waals surface area contributed by atoms with Crippen molar-refractivity contribution >= 4 is 0 Å². The Morgan fingerprint density at radius 2 is 2.17 bits per heavy atom. The maximum absolute atomic E-state index is 5.70. The van der Waals surface area contributed by atoms with Crippen molar-refractivity contribution < 1.29 is 4.74 Å². The summed E-state index contributed by atoms with van der Waals surface area (Å²) in [6.07, 6.45) is 8.84. The van der Waals surface area contributed by atoms with Gasteiger partial charge in [0.15, 0.2) is 0 Å². The Morgan fingerprint density at radius 3 is 2.94 bits per heavy atom. The minimum atomic E-state index is 0.645. The number of ether oxygens (including phenoxy) is 1. The molecule has 0 amide bonds. The third-order valence-corrected chi connectivity index (χ3v) is 4.39. The summed E-state index contributed by atoms with van der Waals surface area (Å²) in [5, 5.41) is 3.63. The molecule has 2 nitrogen and oxygen atoms in total. The third-order valence-electron chi connectivity index (χ3n) is 4.39. The van der Waals surface area contributed by atoms with E-state index in [2.05, 4.69) is 17.4 Å². The number of benzene rings is 1. The molecule has 0 radical (unpaired) electrons. The van der Waals surface area contributed by atoms with Crippen LogP contribution in [0.4, 0.5) is 0 Å². The van der Waals surface area contributed by atoms with Crippen molar-refractivity contribution in [3.8, 4) is 5.75 Å². The van der Waals surface area contributed by atoms with Gasteiger partial charge in [0, 0.05) is 6.04 Å². The van der Waals surface area contributed by atoms with Crippen LogP contribution in [0.5, 0.6) is 5.75 Å². The normalized spacial score (nSPS) is 22.8. The second-order valence-corrected chi connectivity index (χ2v) is 5.60. The Bertz CT molecular complexity index is 421. The Labute approximate surface area is 110 Å². The summed E-state index contributed by atoms with van der Waals surface area (Å²) in [4.78, 5) is 0. The largest absolute Gasteiger partial charge is 0.496 e. The third kappa shape index (κ3) is 2.26. The Kier molecular flexibility index (Phi) is 3.55. The van der Waals surface area contributed by atoms with E-state index in [9.17, 15) is 0 Å². The van der Waals surface area contributed by atoms with Gasteiger partial charge in [-0.25, -0.2) is 0 Å². The first-order chi connectivity index (χ1) is 8.88. The lowest BCUT2D eigenvalue weighted by molar-refractivity contribution is 0.379. The van der Waals surface area contributed by atoms with Gasteiger partial charge in [-0.1, -0.05) is 18.6 Å². The number of aryl methyl sites for hydroxylation is 1. The second-order valence-electron chi connectivity index (χ2n) is 5.60. The van der Waals surface area contributed by atoms with Crippen LogP contribution in [0.25, 0.3) is 0 Å². The Morgan fingerprint density at radius 1 is 1.22 bits per heavy atom. The van der Waals surface area contributed by atoms with Crippen LogP contribution in [0.3, 0.4) is 0 Å². The summed E-state index contributed by atoms with van der Waals surface area (Å²) in [6.45, 7) is 1.18. The van der Waals surface area contributed by atoms with Crippen LogP contribution in [0.15, 0.2) is 12.1 Å². The molecule has 1 fully saturated rings. The van der Waals surface area contributed by atoms with Crippen molar-refractivity contribution in [3.05, 3.63) is 28.8 Å². The zero-order valence-corrected chi connectivity index (χ0v) is 11.3. The molecule has 1 aliphatic carbocycles. The molecule has 1 atom stereocenters. The number of nitrogens with one attached hydrogen (secondary N) is 1. The van der Waals surface area contributed by atoms with Gasteiger partial charge < -0.3 is 10.1 Å². The number of hydrogen-bond donors (Lipinski definition) is 1. The predicted molar refractivity (Wildman–Crippen MR) is 74.4 cm³/mol. The minimum absolute atomic E-state index is 0.645. The number of fused-ring (bicyclic) bond motifs is 1. The highest BCUT2D eigenvalue weighted by Crippen LogP contribution is 2.34. The number of methoxy groups -OCH3 is 1. The first kappa shape index (κ1) is 12.0. The number of rotatable bonds is 3. The second kappa shape index (κ2) is 5.31. The van der Waals surface area contributed by atoms with Crippen molar-refractivity contribution in [1.82, 2.24) is 5.32 Å². The molecule has 1 saturated heterocycles. The van der Waals surface area contributed by atoms with E-state index in [1.807, 2.05) is 7.11 Å². The van der Waals surface area contributed by atoms with Crippen LogP contribution in [0, 0.1) is 0 Å². The van der Waals surface area contributed by atoms with Crippen molar-refractivity contribution in [1.29, 1.82) is 0 Å². The van der Waals surface area contributed by atoms with Crippen LogP contribution in [-0.4, -0.2) is 19.7 Å². The molecule has 1 aromatic carbocycles. The highest BCUT2D eigenvalue weighted by Gasteiger charge is 2.21. The van der Waals surface area contributed by atoms with E-state index in [1.165, 1.54) is 67.5 Å². The average molecular weight is 245 g/mol. The van der Waals surface area contributed by atoms with E-state index in [-0.39, 0.29) is 0 Å². The Hall–Kier alpha value is -1.02. The summed E-state index contributed by atoms with van der Waals surface area (Å²) in [5.41, 5.74) is 4.38. The van der Waals surface area contributed by atoms with Crippen LogP contribution < -0.4 is 10.1 Å². The van der Waals surface area contributed by atoms with Crippen LogP contribution >= 0.6 is 0 Å². The summed E-state index contributed by atoms with van der Waals surface area (Å²) in [7, 11) is 1.83. The highest BCUT2D eigenvalue weighted by molar-refractivity contribution is 5.49. The molecule has 1 unspecified atom stereocenters. The van der Waals surface area contributed by atoms with Gasteiger partial charge in [-0.15, -0.1) is 0 Å². The van der Waals surface area contributed by atoms with Crippen LogP contribution in [-0.2, 0) is 19.3 Å². The fourth-order valence-electron chi connectivity index (χ4n) is 3.46. The lowest BCUT2D eigenvalue weighted by Gasteiger charge is -2.24. The Balaban J connectivity index is 1.82. The lowest BCUT2D eigenvalue weighted by Crippen LogP contribution is -2.35. The van der Waals surface area contributed by atoms with Crippen LogP contribution in [0.1, 0.15) is 42.4 Å². The summed E-state index contributed by atoms with van der Waals surface area (Å²) in [5.74, 6) is 1.18. The lowest BCUT2D eigenvalue weighted by atomic mass is 9.95. The molecular formula is C16H23NO. The van der Waals surface area contributed by atoms with Gasteiger partial charge in [-0.3, -0.25) is 0 Å². The number of piperidine rings is 1. The quantitative estimate of drug-likeness (QED) is 0.884. The predicted octanol–water partition coefficient (Wildman–Crippen LogP) is 2.87. The van der Waals surface area contributed by atoms with E-state index in [0.29, 0.717) is 6.04 Å². The fraction of sp³-hybridized carbons (Fsp3) is 0.625. The maximum atomic E-state index is 5.70. The molecule has 98 valence electrons. The van der Waals surface area contributed by atoms with Crippen molar-refractivity contribution in [2.45, 2.75) is 51.0 Å². The zero-order chi connectivity index (χ0) is 12.4. The first-order valence-corrected chi connectivity index (χ1v) is 7.29. The van der Waals surface area contributed by atoms with Gasteiger partial charge in [0.2, 0.25) is 0 Å². The van der Waals surface area contributed by atoms with Gasteiger partial charge in [-0.2, -0.15) is 0 Å². The zero-order valence-electron chi connectivity index (χ0n) is 11.3. The highest BCUT2D eigenvalue weighted by atomic mass is 16.5. The molecule has 1 aliphatic heterocycles. The van der Waals surface area contributed by atoms with Crippen molar-refractivity contribution in [2.75, 3.05) is 13.7 Å². The van der Waals surface area contributed by atoms with Gasteiger partial charge >= 0.3 is 0 Å². The van der Waals surface area contributed by atoms with Gasteiger partial charge in [-0.05, 0) is 61.8 Å². The minimum Gasteiger partial charge on any atom is -0.496 e. The molecule has 0 spiro atoms. The van der Waals surface area contributed by atoms with Crippen molar-refractivity contribution in [2.24, 2.45) is 0 Å². The standard InChI is InChI=1S/C16H23NO/c1-18-16-13(11-14-6-2-3-10-17-14)9-8-12-5-4-7-15(12)16/h8-9,14,17H,2-7,10-11H2,1H3. The summed E-state index contributed by atoms with van der Waals surface area (Å²) < 4.78 is 5.70. The molecule has 2 aliphatic rings. The molecule has 0 aromatic heterocycles. The molecule has 2 heteroatoms. The van der Waals surface area contributed by atoms with E-state index in [1.54, 1.807) is 0 Å². The topological polar surface area (TPSA) is 21.3 Å². The fourth-order valence-corrected chi connectivity index (χ4v) is 3.46. The van der Waals surface area contributed by atoms with Gasteiger partial charge in [0.05, 0.1) is 7.11 Å². The molecule has 0 bridgehead atoms. The first-order valence-electron chi connectivity index (χ1n) is 7.29. The average Bonchev–Trinajstić information content (AvgIpc) is 2.88. The van der Waals surface area contributed by atoms with Gasteiger partial charge in [0.25, 0.3) is 0 Å². The maximum Gasteiger partial charge on any atom is 0.125 e. The molecular weight excluding hydrogens is 222 g/mol. The van der Waals surface area contributed by atoms with E-state index in [4.69, 9.17) is 4.74 Å². The SMILES string of the molecule is COc1c(CC2CCCCN2)ccc2c1CCC2. The molecule has 18 heavy (non-hydrogen) atoms. The molecule has 1 N–H and O–H groups in total.